The van der Waals surface area contributed by atoms with Gasteiger partial charge in [0.1, 0.15) is 0 Å². The lowest BCUT2D eigenvalue weighted by molar-refractivity contribution is -0.125. The quantitative estimate of drug-likeness (QED) is 0.819. The van der Waals surface area contributed by atoms with Gasteiger partial charge < -0.3 is 11.1 Å². The van der Waals surface area contributed by atoms with Gasteiger partial charge in [0.05, 0.1) is 5.41 Å². The lowest BCUT2D eigenvalue weighted by atomic mass is 9.84. The number of carbonyl (C=O) groups excluding carboxylic acids is 1. The number of amides is 1. The molecule has 0 spiro atoms. The third-order valence-electron chi connectivity index (χ3n) is 2.80. The summed E-state index contributed by atoms with van der Waals surface area (Å²) >= 11 is 3.39. The molecular weight excluding hydrogens is 280 g/mol. The number of rotatable bonds is 5. The van der Waals surface area contributed by atoms with Crippen molar-refractivity contribution < 1.29 is 4.79 Å². The zero-order valence-electron chi connectivity index (χ0n) is 10.3. The highest BCUT2D eigenvalue weighted by atomic mass is 79.9. The lowest BCUT2D eigenvalue weighted by Gasteiger charge is -2.24. The molecule has 0 unspecified atom stereocenters. The first-order chi connectivity index (χ1) is 7.98. The molecule has 0 fully saturated rings. The lowest BCUT2D eigenvalue weighted by Crippen LogP contribution is -2.40. The molecule has 1 amide bonds. The van der Waals surface area contributed by atoms with Crippen molar-refractivity contribution in [3.05, 3.63) is 34.3 Å². The van der Waals surface area contributed by atoms with Gasteiger partial charge in [0, 0.05) is 11.0 Å². The molecule has 1 rings (SSSR count). The van der Waals surface area contributed by atoms with Crippen molar-refractivity contribution in [1.29, 1.82) is 0 Å². The van der Waals surface area contributed by atoms with E-state index in [1.165, 1.54) is 0 Å². The van der Waals surface area contributed by atoms with Crippen LogP contribution in [0, 0.1) is 0 Å². The van der Waals surface area contributed by atoms with E-state index in [1.54, 1.807) is 0 Å². The van der Waals surface area contributed by atoms with Crippen LogP contribution >= 0.6 is 15.9 Å². The predicted octanol–water partition coefficient (Wildman–Crippen LogP) is 2.19. The van der Waals surface area contributed by atoms with Crippen molar-refractivity contribution >= 4 is 21.8 Å². The normalized spacial score (nSPS) is 11.3. The first kappa shape index (κ1) is 14.2. The van der Waals surface area contributed by atoms with E-state index in [4.69, 9.17) is 5.73 Å². The van der Waals surface area contributed by atoms with Crippen molar-refractivity contribution in [2.75, 3.05) is 13.1 Å². The van der Waals surface area contributed by atoms with Crippen LogP contribution in [0.5, 0.6) is 0 Å². The SMILES string of the molecule is CC(C)(C(=O)NCCCN)c1ccc(Br)cc1. The second kappa shape index (κ2) is 6.17. The zero-order valence-corrected chi connectivity index (χ0v) is 11.9. The molecule has 1 aromatic carbocycles. The van der Waals surface area contributed by atoms with E-state index in [9.17, 15) is 4.79 Å². The molecule has 94 valence electrons. The third-order valence-corrected chi connectivity index (χ3v) is 3.33. The molecule has 0 saturated carbocycles. The van der Waals surface area contributed by atoms with E-state index in [1.807, 2.05) is 38.1 Å². The number of carbonyl (C=O) groups is 1. The van der Waals surface area contributed by atoms with Crippen molar-refractivity contribution in [3.63, 3.8) is 0 Å². The molecule has 0 atom stereocenters. The Balaban J connectivity index is 2.72. The molecule has 1 aromatic rings. The number of halogens is 1. The van der Waals surface area contributed by atoms with Crippen LogP contribution in [0.25, 0.3) is 0 Å². The number of hydrogen-bond acceptors (Lipinski definition) is 2. The summed E-state index contributed by atoms with van der Waals surface area (Å²) in [7, 11) is 0. The first-order valence-electron chi connectivity index (χ1n) is 5.73. The Morgan fingerprint density at radius 1 is 1.35 bits per heavy atom. The Labute approximate surface area is 111 Å². The van der Waals surface area contributed by atoms with Crippen LogP contribution in [0.1, 0.15) is 25.8 Å². The Morgan fingerprint density at radius 2 is 1.94 bits per heavy atom. The van der Waals surface area contributed by atoms with Crippen LogP contribution in [0.3, 0.4) is 0 Å². The Hall–Kier alpha value is -0.870. The Bertz CT molecular complexity index is 374. The summed E-state index contributed by atoms with van der Waals surface area (Å²) in [6.45, 7) is 5.08. The molecule has 0 heterocycles. The summed E-state index contributed by atoms with van der Waals surface area (Å²) < 4.78 is 1.01. The van der Waals surface area contributed by atoms with Crippen LogP contribution in [0.15, 0.2) is 28.7 Å². The summed E-state index contributed by atoms with van der Waals surface area (Å²) in [6.07, 6.45) is 0.808. The van der Waals surface area contributed by atoms with Crippen LogP contribution in [0.2, 0.25) is 0 Å². The monoisotopic (exact) mass is 298 g/mol. The maximum Gasteiger partial charge on any atom is 0.230 e. The minimum atomic E-state index is -0.519. The van der Waals surface area contributed by atoms with Crippen molar-refractivity contribution in [2.24, 2.45) is 5.73 Å². The van der Waals surface area contributed by atoms with Crippen LogP contribution < -0.4 is 11.1 Å². The molecule has 3 nitrogen and oxygen atoms in total. The summed E-state index contributed by atoms with van der Waals surface area (Å²) in [4.78, 5) is 12.1. The number of hydrogen-bond donors (Lipinski definition) is 2. The molecule has 0 aliphatic carbocycles. The minimum Gasteiger partial charge on any atom is -0.355 e. The average molecular weight is 299 g/mol. The minimum absolute atomic E-state index is 0.0354. The second-order valence-electron chi connectivity index (χ2n) is 4.53. The predicted molar refractivity (Wildman–Crippen MR) is 73.8 cm³/mol. The number of nitrogens with two attached hydrogens (primary N) is 1. The summed E-state index contributed by atoms with van der Waals surface area (Å²) in [5, 5.41) is 2.91. The Morgan fingerprint density at radius 3 is 2.47 bits per heavy atom. The van der Waals surface area contributed by atoms with Gasteiger partial charge in [-0.15, -0.1) is 0 Å². The van der Waals surface area contributed by atoms with E-state index in [0.29, 0.717) is 13.1 Å². The summed E-state index contributed by atoms with van der Waals surface area (Å²) in [6, 6.07) is 7.83. The highest BCUT2D eigenvalue weighted by Crippen LogP contribution is 2.24. The largest absolute Gasteiger partial charge is 0.355 e. The maximum atomic E-state index is 12.1. The average Bonchev–Trinajstić information content (AvgIpc) is 2.29. The second-order valence-corrected chi connectivity index (χ2v) is 5.45. The number of nitrogens with one attached hydrogen (secondary N) is 1. The molecule has 0 saturated heterocycles. The first-order valence-corrected chi connectivity index (χ1v) is 6.52. The highest BCUT2D eigenvalue weighted by Gasteiger charge is 2.29. The Kier molecular flexibility index (Phi) is 5.15. The summed E-state index contributed by atoms with van der Waals surface area (Å²) in [5.74, 6) is 0.0354. The fourth-order valence-corrected chi connectivity index (χ4v) is 1.79. The van der Waals surface area contributed by atoms with Crippen molar-refractivity contribution in [1.82, 2.24) is 5.32 Å². The highest BCUT2D eigenvalue weighted by molar-refractivity contribution is 9.10. The molecule has 0 aromatic heterocycles. The van der Waals surface area contributed by atoms with Gasteiger partial charge in [-0.1, -0.05) is 28.1 Å². The van der Waals surface area contributed by atoms with Crippen LogP contribution in [-0.2, 0) is 10.2 Å². The molecule has 0 radical (unpaired) electrons. The standard InChI is InChI=1S/C13H19BrN2O/c1-13(2,12(17)16-9-3-8-15)10-4-6-11(14)7-5-10/h4-7H,3,8-9,15H2,1-2H3,(H,16,17). The molecule has 0 aliphatic rings. The summed E-state index contributed by atoms with van der Waals surface area (Å²) in [5.41, 5.74) is 5.88. The van der Waals surface area contributed by atoms with Gasteiger partial charge in [-0.3, -0.25) is 4.79 Å². The van der Waals surface area contributed by atoms with Crippen LogP contribution in [0.4, 0.5) is 0 Å². The molecule has 17 heavy (non-hydrogen) atoms. The van der Waals surface area contributed by atoms with Crippen LogP contribution in [-0.4, -0.2) is 19.0 Å². The maximum absolute atomic E-state index is 12.1. The smallest absolute Gasteiger partial charge is 0.230 e. The topological polar surface area (TPSA) is 55.1 Å². The van der Waals surface area contributed by atoms with E-state index in [2.05, 4.69) is 21.2 Å². The molecular formula is C13H19BrN2O. The molecule has 4 heteroatoms. The van der Waals surface area contributed by atoms with E-state index < -0.39 is 5.41 Å². The number of benzene rings is 1. The van der Waals surface area contributed by atoms with E-state index >= 15 is 0 Å². The zero-order chi connectivity index (χ0) is 12.9. The third kappa shape index (κ3) is 3.82. The fourth-order valence-electron chi connectivity index (χ4n) is 1.52. The molecule has 0 bridgehead atoms. The fraction of sp³-hybridized carbons (Fsp3) is 0.462. The van der Waals surface area contributed by atoms with Gasteiger partial charge >= 0.3 is 0 Å². The van der Waals surface area contributed by atoms with Gasteiger partial charge in [-0.25, -0.2) is 0 Å². The van der Waals surface area contributed by atoms with Gasteiger partial charge in [0.2, 0.25) is 5.91 Å². The molecule has 3 N–H and O–H groups in total. The van der Waals surface area contributed by atoms with Gasteiger partial charge in [0.25, 0.3) is 0 Å². The van der Waals surface area contributed by atoms with Crippen molar-refractivity contribution in [2.45, 2.75) is 25.7 Å². The van der Waals surface area contributed by atoms with Gasteiger partial charge in [0.15, 0.2) is 0 Å². The van der Waals surface area contributed by atoms with Crippen molar-refractivity contribution in [3.8, 4) is 0 Å². The van der Waals surface area contributed by atoms with Gasteiger partial charge in [-0.05, 0) is 44.5 Å². The molecule has 0 aliphatic heterocycles. The van der Waals surface area contributed by atoms with E-state index in [-0.39, 0.29) is 5.91 Å². The van der Waals surface area contributed by atoms with Gasteiger partial charge in [-0.2, -0.15) is 0 Å². The van der Waals surface area contributed by atoms with E-state index in [0.717, 1.165) is 16.5 Å².